The number of unbranched alkanes of at least 4 members (excludes halogenated alkanes) is 62. The third-order valence-corrected chi connectivity index (χ3v) is 23.9. The summed E-state index contributed by atoms with van der Waals surface area (Å²) >= 11 is 0. The normalized spacial score (nSPS) is 13.7. The molecule has 0 aliphatic rings. The highest BCUT2D eigenvalue weighted by atomic mass is 31.2. The lowest BCUT2D eigenvalue weighted by atomic mass is 10.0. The fourth-order valence-corrected chi connectivity index (χ4v) is 16.2. The van der Waals surface area contributed by atoms with Crippen LogP contribution in [-0.2, 0) is 65.4 Å². The van der Waals surface area contributed by atoms with Crippen molar-refractivity contribution >= 4 is 39.5 Å². The van der Waals surface area contributed by atoms with E-state index < -0.39 is 97.5 Å². The number of rotatable bonds is 92. The molecule has 0 aromatic carbocycles. The van der Waals surface area contributed by atoms with Crippen LogP contribution >= 0.6 is 15.6 Å². The van der Waals surface area contributed by atoms with E-state index in [1.165, 1.54) is 321 Å². The molecule has 0 aromatic rings. The molecule has 0 aliphatic heterocycles. The van der Waals surface area contributed by atoms with Crippen LogP contribution in [0.4, 0.5) is 0 Å². The van der Waals surface area contributed by atoms with Crippen LogP contribution in [0.3, 0.4) is 0 Å². The van der Waals surface area contributed by atoms with E-state index >= 15 is 0 Å². The predicted molar refractivity (Wildman–Crippen MR) is 465 cm³/mol. The Kier molecular flexibility index (Phi) is 82.6. The van der Waals surface area contributed by atoms with Crippen molar-refractivity contribution in [3.63, 3.8) is 0 Å². The first-order valence-corrected chi connectivity index (χ1v) is 51.0. The van der Waals surface area contributed by atoms with Gasteiger partial charge in [0, 0.05) is 25.7 Å². The second kappa shape index (κ2) is 84.1. The molecule has 0 saturated carbocycles. The molecule has 0 fully saturated rings. The Balaban J connectivity index is 5.25. The Morgan fingerprint density at radius 1 is 0.241 bits per heavy atom. The highest BCUT2D eigenvalue weighted by molar-refractivity contribution is 7.47. The maximum Gasteiger partial charge on any atom is 0.472 e. The Morgan fingerprint density at radius 3 is 0.607 bits per heavy atom. The van der Waals surface area contributed by atoms with Gasteiger partial charge < -0.3 is 33.8 Å². The highest BCUT2D eigenvalue weighted by Gasteiger charge is 2.31. The summed E-state index contributed by atoms with van der Waals surface area (Å²) in [5, 5.41) is 10.7. The Labute approximate surface area is 689 Å². The van der Waals surface area contributed by atoms with Gasteiger partial charge >= 0.3 is 39.5 Å². The number of esters is 4. The van der Waals surface area contributed by atoms with Crippen LogP contribution < -0.4 is 0 Å². The van der Waals surface area contributed by atoms with Crippen molar-refractivity contribution in [3.05, 3.63) is 0 Å². The van der Waals surface area contributed by atoms with E-state index in [1.807, 2.05) is 0 Å². The van der Waals surface area contributed by atoms with E-state index in [2.05, 4.69) is 41.5 Å². The summed E-state index contributed by atoms with van der Waals surface area (Å²) in [4.78, 5) is 73.5. The van der Waals surface area contributed by atoms with Gasteiger partial charge in [0.2, 0.25) is 0 Å². The molecule has 3 N–H and O–H groups in total. The molecule has 0 spiro atoms. The van der Waals surface area contributed by atoms with E-state index in [0.29, 0.717) is 25.7 Å². The van der Waals surface area contributed by atoms with Crippen molar-refractivity contribution in [1.29, 1.82) is 0 Å². The van der Waals surface area contributed by atoms with Crippen LogP contribution in [0.5, 0.6) is 0 Å². The monoisotopic (exact) mass is 1630 g/mol. The second-order valence-corrected chi connectivity index (χ2v) is 37.3. The Morgan fingerprint density at radius 2 is 0.411 bits per heavy atom. The third kappa shape index (κ3) is 85.9. The molecule has 2 unspecified atom stereocenters. The quantitative estimate of drug-likeness (QED) is 0.0222. The fourth-order valence-electron chi connectivity index (χ4n) is 14.7. The molecule has 17 nitrogen and oxygen atoms in total. The van der Waals surface area contributed by atoms with Gasteiger partial charge in [-0.15, -0.1) is 0 Å². The molecular weight excluding hydrogens is 1450 g/mol. The summed E-state index contributed by atoms with van der Waals surface area (Å²) in [6.45, 7) is 9.77. The molecule has 666 valence electrons. The molecule has 0 heterocycles. The molecule has 0 rings (SSSR count). The average Bonchev–Trinajstić information content (AvgIpc) is 0.898. The number of hydrogen-bond acceptors (Lipinski definition) is 15. The Bertz CT molecular complexity index is 2130. The average molecular weight is 1630 g/mol. The molecule has 0 saturated heterocycles. The van der Waals surface area contributed by atoms with Crippen LogP contribution in [-0.4, -0.2) is 96.7 Å². The topological polar surface area (TPSA) is 237 Å². The van der Waals surface area contributed by atoms with Crippen molar-refractivity contribution in [1.82, 2.24) is 0 Å². The maximum absolute atomic E-state index is 13.2. The predicted octanol–water partition coefficient (Wildman–Crippen LogP) is 29.0. The number of hydrogen-bond donors (Lipinski definition) is 3. The van der Waals surface area contributed by atoms with Gasteiger partial charge in [-0.2, -0.15) is 0 Å². The minimum Gasteiger partial charge on any atom is -0.462 e. The summed E-state index contributed by atoms with van der Waals surface area (Å²) in [6, 6.07) is 0. The van der Waals surface area contributed by atoms with Crippen LogP contribution in [0.2, 0.25) is 0 Å². The molecule has 0 amide bonds. The lowest BCUT2D eigenvalue weighted by molar-refractivity contribution is -0.161. The van der Waals surface area contributed by atoms with Gasteiger partial charge in [0.25, 0.3) is 0 Å². The minimum atomic E-state index is -4.97. The van der Waals surface area contributed by atoms with Gasteiger partial charge in [0.1, 0.15) is 19.3 Å². The smallest absolute Gasteiger partial charge is 0.462 e. The molecule has 0 bridgehead atoms. The zero-order valence-corrected chi connectivity index (χ0v) is 75.8. The van der Waals surface area contributed by atoms with Gasteiger partial charge in [-0.1, -0.05) is 452 Å². The van der Waals surface area contributed by atoms with Crippen molar-refractivity contribution in [3.8, 4) is 0 Å². The molecule has 0 aliphatic carbocycles. The number of carbonyl (C=O) groups is 4. The van der Waals surface area contributed by atoms with Gasteiger partial charge in [-0.3, -0.25) is 37.3 Å². The zero-order chi connectivity index (χ0) is 82.0. The van der Waals surface area contributed by atoms with Crippen molar-refractivity contribution in [2.75, 3.05) is 39.6 Å². The zero-order valence-electron chi connectivity index (χ0n) is 74.0. The lowest BCUT2D eigenvalue weighted by Gasteiger charge is -2.21. The summed E-state index contributed by atoms with van der Waals surface area (Å²) < 4.78 is 69.1. The summed E-state index contributed by atoms with van der Waals surface area (Å²) in [5.74, 6) is -0.483. The number of ether oxygens (including phenoxy) is 4. The molecule has 5 atom stereocenters. The van der Waals surface area contributed by atoms with Gasteiger partial charge in [-0.05, 0) is 37.5 Å². The van der Waals surface area contributed by atoms with E-state index in [9.17, 15) is 43.2 Å². The molecule has 112 heavy (non-hydrogen) atoms. The van der Waals surface area contributed by atoms with E-state index in [-0.39, 0.29) is 25.7 Å². The summed E-state index contributed by atoms with van der Waals surface area (Å²) in [7, 11) is -9.94. The largest absolute Gasteiger partial charge is 0.472 e. The van der Waals surface area contributed by atoms with E-state index in [4.69, 9.17) is 37.0 Å². The van der Waals surface area contributed by atoms with E-state index in [1.54, 1.807) is 0 Å². The standard InChI is InChI=1S/C93H182O17P2/c1-7-9-11-13-15-17-19-21-22-23-24-25-26-27-32-35-41-47-53-59-65-71-77-92(97)109-89(82-104-91(96)76-70-64-58-52-46-40-34-31-29-28-30-33-38-43-49-55-61-67-73-85(3)4)84-108-112(101,102)106-80-87(94)79-105-111(99,100)107-83-88(81-103-90(95)75-69-63-57-51-45-37-20-18-16-14-12-10-8-2)110-93(98)78-72-66-60-54-48-42-36-39-44-50-56-62-68-74-86(5)6/h85-89,94H,7-84H2,1-6H3,(H,99,100)(H,101,102)/t87-,88+,89+/m0/s1. The third-order valence-electron chi connectivity index (χ3n) is 22.0. The van der Waals surface area contributed by atoms with Crippen molar-refractivity contribution < 1.29 is 80.2 Å². The number of phosphoric acid groups is 2. The Hall–Kier alpha value is -1.94. The lowest BCUT2D eigenvalue weighted by Crippen LogP contribution is -2.30. The molecule has 0 aromatic heterocycles. The number of carbonyl (C=O) groups excluding carboxylic acids is 4. The second-order valence-electron chi connectivity index (χ2n) is 34.4. The number of phosphoric ester groups is 2. The fraction of sp³-hybridized carbons (Fsp3) is 0.957. The van der Waals surface area contributed by atoms with Crippen LogP contribution in [0, 0.1) is 11.8 Å². The van der Waals surface area contributed by atoms with Gasteiger partial charge in [0.05, 0.1) is 26.4 Å². The van der Waals surface area contributed by atoms with Gasteiger partial charge in [-0.25, -0.2) is 9.13 Å². The van der Waals surface area contributed by atoms with Crippen molar-refractivity contribution in [2.45, 2.75) is 522 Å². The SMILES string of the molecule is CCCCCCCCCCCCCCCCCCCCCCCCC(=O)O[C@H](COC(=O)CCCCCCCCCCCCCCCCCCCCC(C)C)COP(=O)(O)OC[C@@H](O)COP(=O)(O)OC[C@@H](COC(=O)CCCCCCCCCCCCCCC)OC(=O)CCCCCCCCCCCCCCCC(C)C. The number of aliphatic hydroxyl groups is 1. The molecule has 19 heteroatoms. The van der Waals surface area contributed by atoms with Crippen LogP contribution in [0.25, 0.3) is 0 Å². The summed E-state index contributed by atoms with van der Waals surface area (Å²) in [6.07, 6.45) is 79.2. The first-order valence-electron chi connectivity index (χ1n) is 48.0. The van der Waals surface area contributed by atoms with Gasteiger partial charge in [0.15, 0.2) is 12.2 Å². The summed E-state index contributed by atoms with van der Waals surface area (Å²) in [5.41, 5.74) is 0. The number of aliphatic hydroxyl groups excluding tert-OH is 1. The van der Waals surface area contributed by atoms with Crippen molar-refractivity contribution in [2.24, 2.45) is 11.8 Å². The first kappa shape index (κ1) is 110. The van der Waals surface area contributed by atoms with Crippen LogP contribution in [0.15, 0.2) is 0 Å². The molecular formula is C93H182O17P2. The van der Waals surface area contributed by atoms with Crippen LogP contribution in [0.1, 0.15) is 504 Å². The minimum absolute atomic E-state index is 0.108. The highest BCUT2D eigenvalue weighted by Crippen LogP contribution is 2.45. The maximum atomic E-state index is 13.2. The first-order chi connectivity index (χ1) is 54.4. The molecule has 0 radical (unpaired) electrons. The van der Waals surface area contributed by atoms with E-state index in [0.717, 1.165) is 102 Å².